The second-order valence-corrected chi connectivity index (χ2v) is 2.70. The molecular formula is C10H14O4. The summed E-state index contributed by atoms with van der Waals surface area (Å²) < 4.78 is 4.75. The van der Waals surface area contributed by atoms with Crippen LogP contribution in [0.5, 0.6) is 0 Å². The van der Waals surface area contributed by atoms with Gasteiger partial charge in [0, 0.05) is 11.6 Å². The molecule has 0 aromatic heterocycles. The van der Waals surface area contributed by atoms with Crippen LogP contribution in [0.4, 0.5) is 0 Å². The molecule has 0 rings (SSSR count). The van der Waals surface area contributed by atoms with Crippen molar-refractivity contribution in [3.8, 4) is 0 Å². The molecule has 0 aliphatic rings. The number of rotatable bonds is 4. The van der Waals surface area contributed by atoms with E-state index < -0.39 is 11.9 Å². The fourth-order valence-electron chi connectivity index (χ4n) is 0.722. The first-order valence-electron chi connectivity index (χ1n) is 4.24. The third-order valence-electron chi connectivity index (χ3n) is 1.65. The first kappa shape index (κ1) is 12.4. The van der Waals surface area contributed by atoms with Crippen LogP contribution in [0, 0.1) is 0 Å². The minimum atomic E-state index is -1.04. The molecular weight excluding hydrogens is 184 g/mol. The lowest BCUT2D eigenvalue weighted by Gasteiger charge is -2.03. The molecule has 0 unspecified atom stereocenters. The Bertz CT molecular complexity index is 286. The van der Waals surface area contributed by atoms with Crippen LogP contribution in [0.1, 0.15) is 20.8 Å². The molecule has 78 valence electrons. The van der Waals surface area contributed by atoms with Crippen LogP contribution < -0.4 is 0 Å². The highest BCUT2D eigenvalue weighted by Gasteiger charge is 2.06. The van der Waals surface area contributed by atoms with E-state index in [1.165, 1.54) is 6.08 Å². The molecule has 4 heteroatoms. The maximum atomic E-state index is 11.2. The molecule has 0 fully saturated rings. The highest BCUT2D eigenvalue weighted by Crippen LogP contribution is 2.06. The van der Waals surface area contributed by atoms with Crippen molar-refractivity contribution in [1.82, 2.24) is 0 Å². The van der Waals surface area contributed by atoms with E-state index in [4.69, 9.17) is 9.84 Å². The van der Waals surface area contributed by atoms with Gasteiger partial charge in [0.1, 0.15) is 0 Å². The van der Waals surface area contributed by atoms with Crippen molar-refractivity contribution in [3.05, 3.63) is 23.3 Å². The number of hydrogen-bond donors (Lipinski definition) is 1. The number of ether oxygens (including phenoxy) is 1. The third-order valence-corrected chi connectivity index (χ3v) is 1.65. The summed E-state index contributed by atoms with van der Waals surface area (Å²) in [5.41, 5.74) is 1.01. The van der Waals surface area contributed by atoms with Crippen molar-refractivity contribution >= 4 is 11.9 Å². The summed E-state index contributed by atoms with van der Waals surface area (Å²) in [4.78, 5) is 21.4. The van der Waals surface area contributed by atoms with E-state index in [-0.39, 0.29) is 0 Å². The van der Waals surface area contributed by atoms with Crippen LogP contribution >= 0.6 is 0 Å². The van der Waals surface area contributed by atoms with E-state index in [0.29, 0.717) is 17.8 Å². The van der Waals surface area contributed by atoms with Crippen molar-refractivity contribution < 1.29 is 19.4 Å². The third kappa shape index (κ3) is 4.45. The van der Waals surface area contributed by atoms with Crippen molar-refractivity contribution in [2.24, 2.45) is 0 Å². The van der Waals surface area contributed by atoms with E-state index in [1.54, 1.807) is 20.8 Å². The lowest BCUT2D eigenvalue weighted by Crippen LogP contribution is -2.06. The minimum Gasteiger partial charge on any atom is -0.478 e. The van der Waals surface area contributed by atoms with Crippen LogP contribution in [-0.4, -0.2) is 23.7 Å². The molecule has 0 aliphatic carbocycles. The van der Waals surface area contributed by atoms with Gasteiger partial charge in [-0.2, -0.15) is 0 Å². The molecule has 0 aromatic carbocycles. The van der Waals surface area contributed by atoms with Gasteiger partial charge in [-0.05, 0) is 26.3 Å². The van der Waals surface area contributed by atoms with Gasteiger partial charge < -0.3 is 9.84 Å². The van der Waals surface area contributed by atoms with E-state index in [2.05, 4.69) is 0 Å². The number of aliphatic carboxylic acids is 1. The minimum absolute atomic E-state index is 0.312. The second-order valence-electron chi connectivity index (χ2n) is 2.70. The zero-order chi connectivity index (χ0) is 11.1. The lowest BCUT2D eigenvalue weighted by molar-refractivity contribution is -0.138. The van der Waals surface area contributed by atoms with Crippen LogP contribution in [0.15, 0.2) is 23.3 Å². The van der Waals surface area contributed by atoms with Gasteiger partial charge in [-0.1, -0.05) is 6.08 Å². The maximum absolute atomic E-state index is 11.2. The van der Waals surface area contributed by atoms with Crippen LogP contribution in [0.2, 0.25) is 0 Å². The molecule has 0 saturated heterocycles. The summed E-state index contributed by atoms with van der Waals surface area (Å²) in [5, 5.41) is 8.36. The lowest BCUT2D eigenvalue weighted by atomic mass is 10.1. The Kier molecular flexibility index (Phi) is 5.29. The van der Waals surface area contributed by atoms with Gasteiger partial charge in [0.25, 0.3) is 0 Å². The number of carboxylic acid groups (broad SMARTS) is 1. The van der Waals surface area contributed by atoms with E-state index in [9.17, 15) is 9.59 Å². The topological polar surface area (TPSA) is 63.6 Å². The Morgan fingerprint density at radius 1 is 1.29 bits per heavy atom. The van der Waals surface area contributed by atoms with E-state index in [0.717, 1.165) is 6.08 Å². The number of carbonyl (C=O) groups excluding carboxylic acids is 1. The van der Waals surface area contributed by atoms with Gasteiger partial charge in [0.05, 0.1) is 6.61 Å². The maximum Gasteiger partial charge on any atom is 0.333 e. The summed E-state index contributed by atoms with van der Waals surface area (Å²) in [6.07, 6.45) is 2.35. The van der Waals surface area contributed by atoms with Gasteiger partial charge in [-0.15, -0.1) is 0 Å². The second kappa shape index (κ2) is 5.96. The molecule has 0 saturated carbocycles. The fourth-order valence-corrected chi connectivity index (χ4v) is 0.722. The Morgan fingerprint density at radius 3 is 2.29 bits per heavy atom. The molecule has 1 N–H and O–H groups in total. The Hall–Kier alpha value is -1.58. The van der Waals surface area contributed by atoms with E-state index >= 15 is 0 Å². The highest BCUT2D eigenvalue weighted by molar-refractivity contribution is 5.89. The first-order chi connectivity index (χ1) is 6.49. The molecule has 0 atom stereocenters. The Morgan fingerprint density at radius 2 is 1.86 bits per heavy atom. The van der Waals surface area contributed by atoms with Gasteiger partial charge >= 0.3 is 11.9 Å². The zero-order valence-electron chi connectivity index (χ0n) is 8.53. The molecule has 0 aromatic rings. The average Bonchev–Trinajstić information content (AvgIpc) is 2.13. The summed E-state index contributed by atoms with van der Waals surface area (Å²) in [5.74, 6) is -1.46. The molecule has 0 radical (unpaired) electrons. The summed E-state index contributed by atoms with van der Waals surface area (Å²) >= 11 is 0. The van der Waals surface area contributed by atoms with Crippen molar-refractivity contribution in [3.63, 3.8) is 0 Å². The smallest absolute Gasteiger partial charge is 0.333 e. The van der Waals surface area contributed by atoms with Gasteiger partial charge in [0.15, 0.2) is 0 Å². The first-order valence-corrected chi connectivity index (χ1v) is 4.24. The summed E-state index contributed by atoms with van der Waals surface area (Å²) in [7, 11) is 0. The van der Waals surface area contributed by atoms with E-state index in [1.807, 2.05) is 0 Å². The number of carbonyl (C=O) groups is 2. The largest absolute Gasteiger partial charge is 0.478 e. The molecule has 0 amide bonds. The molecule has 4 nitrogen and oxygen atoms in total. The zero-order valence-corrected chi connectivity index (χ0v) is 8.53. The van der Waals surface area contributed by atoms with Gasteiger partial charge in [-0.3, -0.25) is 0 Å². The predicted octanol–water partition coefficient (Wildman–Crippen LogP) is 1.53. The van der Waals surface area contributed by atoms with Crippen molar-refractivity contribution in [2.45, 2.75) is 20.8 Å². The standard InChI is InChI=1S/C10H14O4/c1-4-14-10(13)8(3)7(2)5-6-9(11)12/h5-6H,4H2,1-3H3,(H,11,12). The molecule has 0 heterocycles. The Balaban J connectivity index is 4.58. The highest BCUT2D eigenvalue weighted by atomic mass is 16.5. The average molecular weight is 198 g/mol. The summed E-state index contributed by atoms with van der Waals surface area (Å²) in [6.45, 7) is 5.28. The molecule has 14 heavy (non-hydrogen) atoms. The Labute approximate surface area is 82.9 Å². The predicted molar refractivity (Wildman–Crippen MR) is 51.8 cm³/mol. The summed E-state index contributed by atoms with van der Waals surface area (Å²) in [6, 6.07) is 0. The number of carboxylic acids is 1. The number of hydrogen-bond acceptors (Lipinski definition) is 3. The van der Waals surface area contributed by atoms with Crippen molar-refractivity contribution in [1.29, 1.82) is 0 Å². The molecule has 0 bridgehead atoms. The van der Waals surface area contributed by atoms with Gasteiger partial charge in [0.2, 0.25) is 0 Å². The van der Waals surface area contributed by atoms with Crippen LogP contribution in [-0.2, 0) is 14.3 Å². The van der Waals surface area contributed by atoms with Gasteiger partial charge in [-0.25, -0.2) is 9.59 Å². The van der Waals surface area contributed by atoms with Crippen molar-refractivity contribution in [2.75, 3.05) is 6.61 Å². The fraction of sp³-hybridized carbons (Fsp3) is 0.400. The molecule has 0 spiro atoms. The SMILES string of the molecule is CCOC(=O)C(C)=C(C)C=CC(=O)O. The van der Waals surface area contributed by atoms with Crippen LogP contribution in [0.3, 0.4) is 0 Å². The number of esters is 1. The molecule has 0 aliphatic heterocycles. The number of allylic oxidation sites excluding steroid dienone is 2. The monoisotopic (exact) mass is 198 g/mol. The normalized spacial score (nSPS) is 12.5. The quantitative estimate of drug-likeness (QED) is 0.422. The van der Waals surface area contributed by atoms with Crippen LogP contribution in [0.25, 0.3) is 0 Å².